The molecule has 0 bridgehead atoms. The molecule has 29 nitrogen and oxygen atoms in total. The van der Waals surface area contributed by atoms with Gasteiger partial charge < -0.3 is 66.0 Å². The van der Waals surface area contributed by atoms with Gasteiger partial charge in [-0.15, -0.1) is 0 Å². The van der Waals surface area contributed by atoms with Crippen LogP contribution in [0.5, 0.6) is 0 Å². The molecule has 10 atom stereocenters. The Morgan fingerprint density at radius 1 is 0.537 bits per heavy atom. The molecule has 108 heavy (non-hydrogen) atoms. The molecule has 0 radical (unpaired) electrons. The van der Waals surface area contributed by atoms with Gasteiger partial charge in [0.1, 0.15) is 47.8 Å². The van der Waals surface area contributed by atoms with E-state index in [0.717, 1.165) is 45.8 Å². The Labute approximate surface area is 640 Å². The molecule has 2 aromatic rings. The summed E-state index contributed by atoms with van der Waals surface area (Å²) in [5, 5.41) is 24.7. The van der Waals surface area contributed by atoms with E-state index in [1.807, 2.05) is 90.4 Å². The van der Waals surface area contributed by atoms with Crippen LogP contribution >= 0.6 is 0 Å². The maximum atomic E-state index is 15.6. The second-order valence-electron chi connectivity index (χ2n) is 31.0. The first-order chi connectivity index (χ1) is 50.7. The third-order valence-corrected chi connectivity index (χ3v) is 20.5. The Hall–Kier alpha value is -8.38. The van der Waals surface area contributed by atoms with Crippen molar-refractivity contribution in [1.29, 1.82) is 0 Å². The number of carbonyl (C=O) groups is 13. The highest BCUT2D eigenvalue weighted by Crippen LogP contribution is 2.35. The Morgan fingerprint density at radius 3 is 1.45 bits per heavy atom. The van der Waals surface area contributed by atoms with E-state index < -0.39 is 160 Å². The first-order valence-corrected chi connectivity index (χ1v) is 40.2. The second kappa shape index (κ2) is 43.7. The minimum atomic E-state index is -4.09. The van der Waals surface area contributed by atoms with Crippen molar-refractivity contribution in [3.05, 3.63) is 71.8 Å². The predicted octanol–water partition coefficient (Wildman–Crippen LogP) is 3.34. The van der Waals surface area contributed by atoms with Crippen molar-refractivity contribution < 1.29 is 75.9 Å². The molecular formula is C78H125N13O16S. The van der Waals surface area contributed by atoms with Crippen molar-refractivity contribution in [3.8, 4) is 0 Å². The fourth-order valence-corrected chi connectivity index (χ4v) is 13.8. The first-order valence-electron chi connectivity index (χ1n) is 38.3. The van der Waals surface area contributed by atoms with Gasteiger partial charge in [0, 0.05) is 80.6 Å². The zero-order valence-corrected chi connectivity index (χ0v) is 67.8. The number of aliphatic hydroxyl groups is 1. The summed E-state index contributed by atoms with van der Waals surface area (Å²) in [6.07, 6.45) is 2.95. The van der Waals surface area contributed by atoms with E-state index in [4.69, 9.17) is 0 Å². The third-order valence-electron chi connectivity index (χ3n) is 19.9. The fraction of sp³-hybridized carbons (Fsp3) is 0.679. The van der Waals surface area contributed by atoms with Crippen LogP contribution in [0, 0.1) is 23.7 Å². The molecule has 4 rings (SSSR count). The summed E-state index contributed by atoms with van der Waals surface area (Å²) in [5.41, 5.74) is -0.250. The number of nitrogens with zero attached hydrogens (tertiary/aromatic N) is 7. The second-order valence-corrected chi connectivity index (χ2v) is 32.7. The van der Waals surface area contributed by atoms with Crippen LogP contribution in [-0.4, -0.2) is 265 Å². The lowest BCUT2D eigenvalue weighted by atomic mass is 9.96. The van der Waals surface area contributed by atoms with Gasteiger partial charge in [0.05, 0.1) is 25.4 Å². The van der Waals surface area contributed by atoms with Crippen molar-refractivity contribution in [2.75, 3.05) is 80.8 Å². The quantitative estimate of drug-likeness (QED) is 0.0369. The fourth-order valence-electron chi connectivity index (χ4n) is 13.3. The lowest BCUT2D eigenvalue weighted by Crippen LogP contribution is -2.63. The predicted molar refractivity (Wildman–Crippen MR) is 411 cm³/mol. The molecule has 1 aliphatic heterocycles. The van der Waals surface area contributed by atoms with Crippen LogP contribution in [0.2, 0.25) is 0 Å². The molecule has 2 aliphatic rings. The highest BCUT2D eigenvalue weighted by Gasteiger charge is 2.59. The minimum absolute atomic E-state index is 0.00633. The average molecular weight is 1530 g/mol. The molecule has 604 valence electrons. The van der Waals surface area contributed by atoms with E-state index in [1.165, 1.54) is 54.7 Å². The number of benzene rings is 2. The van der Waals surface area contributed by atoms with Gasteiger partial charge in [-0.3, -0.25) is 67.1 Å². The number of carbonyl (C=O) groups excluding carboxylic acids is 13. The van der Waals surface area contributed by atoms with Gasteiger partial charge in [0.2, 0.25) is 69.1 Å². The van der Waals surface area contributed by atoms with E-state index in [1.54, 1.807) is 51.2 Å². The van der Waals surface area contributed by atoms with Gasteiger partial charge >= 0.3 is 0 Å². The Balaban J connectivity index is 1.75. The van der Waals surface area contributed by atoms with Crippen molar-refractivity contribution in [2.24, 2.45) is 23.7 Å². The lowest BCUT2D eigenvalue weighted by molar-refractivity contribution is -0.152. The number of likely N-dealkylation sites (tertiary alicyclic amines) is 1. The number of ketones is 1. The van der Waals surface area contributed by atoms with Gasteiger partial charge in [0.15, 0.2) is 11.8 Å². The summed E-state index contributed by atoms with van der Waals surface area (Å²) in [6.45, 7) is 20.2. The Morgan fingerprint density at radius 2 is 0.981 bits per heavy atom. The molecule has 0 spiro atoms. The summed E-state index contributed by atoms with van der Waals surface area (Å²) in [4.78, 5) is 199. The zero-order valence-electron chi connectivity index (χ0n) is 66.9. The maximum absolute atomic E-state index is 15.6. The third kappa shape index (κ3) is 28.2. The molecule has 7 N–H and O–H groups in total. The van der Waals surface area contributed by atoms with Crippen LogP contribution in [0.3, 0.4) is 0 Å². The lowest BCUT2D eigenvalue weighted by Gasteiger charge is -2.37. The van der Waals surface area contributed by atoms with E-state index in [0.29, 0.717) is 37.8 Å². The summed E-state index contributed by atoms with van der Waals surface area (Å²) < 4.78 is 26.2. The molecule has 1 aliphatic carbocycles. The number of Topliss-reactive ketones (excluding diaryl/α,β-unsaturated/α-hetero) is 1. The number of nitrogens with one attached hydrogen (secondary N) is 6. The normalized spacial score (nSPS) is 16.8. The minimum Gasteiger partial charge on any atom is -0.390 e. The average Bonchev–Trinajstić information content (AvgIpc) is 1.59. The number of piperidine rings is 1. The van der Waals surface area contributed by atoms with Gasteiger partial charge in [-0.2, -0.15) is 0 Å². The van der Waals surface area contributed by atoms with Crippen LogP contribution in [-0.2, 0) is 85.2 Å². The summed E-state index contributed by atoms with van der Waals surface area (Å²) >= 11 is 0. The van der Waals surface area contributed by atoms with Crippen LogP contribution in [0.4, 0.5) is 0 Å². The molecule has 1 saturated carbocycles. The standard InChI is InChI=1S/C78H125N13O16S/c1-18-20-37-79-48-66(95)86(13)63(46-56-33-27-23-28-34-56)75(103)89(16)59(42-51(5)6)69(97)81-58(41-50(3)4)74(102)87(14)60(43-52(7)8)71(99)82-68(76(104)90-39-29-24-30-40-90)77(105)91(38-21-19-2)49-67(96)85(12)62(45-55-31-25-22-26-32-55)70(98)80-57(35-36-65(94)84-108(17,106)107)73(101)88(15)61(44-53(9)10)72(100)83-78(54(11)92)47-64(78)93/h22-23,25-28,31-34,50-54,57-63,68,79,92H,18-21,24,29-30,35-49H2,1-17H3,(H,80,98)(H,81,97)(H,82,99)(H,83,100)(H,84,94)/t54-,57+,58+,59+,60+,61+,62+,63+,68-,78?/m1/s1. The van der Waals surface area contributed by atoms with Crippen LogP contribution in [0.25, 0.3) is 0 Å². The van der Waals surface area contributed by atoms with E-state index >= 15 is 33.6 Å². The highest BCUT2D eigenvalue weighted by atomic mass is 32.2. The van der Waals surface area contributed by atoms with Crippen LogP contribution < -0.4 is 31.3 Å². The summed E-state index contributed by atoms with van der Waals surface area (Å²) in [5.74, 6) is -10.5. The van der Waals surface area contributed by atoms with Crippen molar-refractivity contribution in [2.45, 2.75) is 239 Å². The first kappa shape index (κ1) is 92.0. The van der Waals surface area contributed by atoms with E-state index in [2.05, 4.69) is 26.6 Å². The SMILES string of the molecule is CCCCNCC(=O)N(C)[C@@H](Cc1ccccc1)C(=O)N(C)[C@@H](CC(C)C)C(=O)N[C@@H](CC(C)C)C(=O)N(C)[C@@H](CC(C)C)C(=O)N[C@H](C(=O)N1CCCCC1)C(=O)N(CCCC)CC(=O)N(C)[C@@H](Cc1ccccc1)C(=O)N[C@@H](CCC(=O)NS(C)(=O)=O)C(=O)N(C)[C@@H](CC(C)C)C(=O)NC1([C@@H](C)O)CC1=O. The number of amides is 12. The molecule has 0 aromatic heterocycles. The zero-order chi connectivity index (χ0) is 81.1. The topological polar surface area (TPSA) is 371 Å². The van der Waals surface area contributed by atoms with Crippen LogP contribution in [0.1, 0.15) is 177 Å². The number of likely N-dealkylation sites (N-methyl/N-ethyl adjacent to an activating group) is 5. The largest absolute Gasteiger partial charge is 0.390 e. The molecule has 30 heteroatoms. The van der Waals surface area contributed by atoms with Gasteiger partial charge in [-0.25, -0.2) is 8.42 Å². The van der Waals surface area contributed by atoms with E-state index in [9.17, 15) is 42.3 Å². The molecular weight excluding hydrogens is 1410 g/mol. The van der Waals surface area contributed by atoms with Crippen molar-refractivity contribution in [1.82, 2.24) is 65.6 Å². The number of hydrogen-bond donors (Lipinski definition) is 7. The van der Waals surface area contributed by atoms with Gasteiger partial charge in [0.25, 0.3) is 11.8 Å². The number of rotatable bonds is 45. The van der Waals surface area contributed by atoms with E-state index in [-0.39, 0.29) is 101 Å². The number of hydrogen-bond acceptors (Lipinski definition) is 17. The number of sulfonamides is 1. The summed E-state index contributed by atoms with van der Waals surface area (Å²) in [7, 11) is 2.98. The smallest absolute Gasteiger partial charge is 0.255 e. The van der Waals surface area contributed by atoms with Gasteiger partial charge in [-0.05, 0) is 112 Å². The number of aliphatic hydroxyl groups excluding tert-OH is 1. The molecule has 2 aromatic carbocycles. The number of unbranched alkanes of at least 4 members (excludes halogenated alkanes) is 2. The monoisotopic (exact) mass is 1530 g/mol. The Kier molecular flexibility index (Phi) is 37.2. The molecule has 1 heterocycles. The Bertz CT molecular complexity index is 3480. The summed E-state index contributed by atoms with van der Waals surface area (Å²) in [6, 6.07) is 6.55. The van der Waals surface area contributed by atoms with Crippen LogP contribution in [0.15, 0.2) is 60.7 Å². The van der Waals surface area contributed by atoms with Crippen molar-refractivity contribution in [3.63, 3.8) is 0 Å². The molecule has 1 saturated heterocycles. The maximum Gasteiger partial charge on any atom is 0.255 e. The molecule has 12 amide bonds. The molecule has 2 fully saturated rings. The molecule has 1 unspecified atom stereocenters. The highest BCUT2D eigenvalue weighted by molar-refractivity contribution is 7.89. The van der Waals surface area contributed by atoms with Crippen molar-refractivity contribution >= 4 is 86.7 Å². The van der Waals surface area contributed by atoms with Gasteiger partial charge in [-0.1, -0.05) is 143 Å².